The van der Waals surface area contributed by atoms with Crippen molar-refractivity contribution in [3.8, 4) is 0 Å². The summed E-state index contributed by atoms with van der Waals surface area (Å²) in [5.41, 5.74) is 0. The highest BCUT2D eigenvalue weighted by Crippen LogP contribution is 2.12. The van der Waals surface area contributed by atoms with Crippen molar-refractivity contribution in [1.29, 1.82) is 0 Å². The van der Waals surface area contributed by atoms with Crippen LogP contribution in [-0.4, -0.2) is 47.1 Å². The van der Waals surface area contributed by atoms with Crippen LogP contribution in [-0.2, 0) is 9.53 Å². The molecular formula is C8H12N4O4S. The van der Waals surface area contributed by atoms with Crippen LogP contribution in [0.25, 0.3) is 0 Å². The summed E-state index contributed by atoms with van der Waals surface area (Å²) in [6, 6.07) is -0.430. The molecule has 0 spiro atoms. The summed E-state index contributed by atoms with van der Waals surface area (Å²) in [5, 5.41) is 21.9. The Kier molecular flexibility index (Phi) is 5.30. The number of anilines is 1. The van der Waals surface area contributed by atoms with Gasteiger partial charge < -0.3 is 15.2 Å². The van der Waals surface area contributed by atoms with Crippen LogP contribution in [0, 0.1) is 6.92 Å². The van der Waals surface area contributed by atoms with Crippen LogP contribution in [0.1, 0.15) is 5.01 Å². The number of aliphatic carboxylic acids is 1. The second-order valence-electron chi connectivity index (χ2n) is 2.95. The number of nitrogens with zero attached hydrogens (tertiary/aromatic N) is 2. The lowest BCUT2D eigenvalue weighted by Crippen LogP contribution is -2.31. The van der Waals surface area contributed by atoms with Crippen molar-refractivity contribution in [2.75, 3.05) is 25.1 Å². The molecular weight excluding hydrogens is 248 g/mol. The van der Waals surface area contributed by atoms with Crippen LogP contribution in [0.5, 0.6) is 0 Å². The fraction of sp³-hybridized carbons (Fsp3) is 0.500. The van der Waals surface area contributed by atoms with E-state index in [4.69, 9.17) is 9.84 Å². The first-order chi connectivity index (χ1) is 8.08. The zero-order valence-electron chi connectivity index (χ0n) is 9.10. The van der Waals surface area contributed by atoms with E-state index in [2.05, 4.69) is 20.8 Å². The second-order valence-corrected chi connectivity index (χ2v) is 4.14. The number of carboxylic acids is 1. The monoisotopic (exact) mass is 260 g/mol. The molecule has 3 N–H and O–H groups in total. The number of carboxylic acid groups (broad SMARTS) is 1. The van der Waals surface area contributed by atoms with Crippen molar-refractivity contribution < 1.29 is 19.4 Å². The number of urea groups is 1. The molecule has 2 amide bonds. The Bertz CT molecular complexity index is 395. The minimum Gasteiger partial charge on any atom is -0.480 e. The molecule has 0 bridgehead atoms. The number of carbonyl (C=O) groups excluding carboxylic acids is 1. The van der Waals surface area contributed by atoms with Crippen molar-refractivity contribution in [3.63, 3.8) is 0 Å². The fourth-order valence-corrected chi connectivity index (χ4v) is 1.47. The lowest BCUT2D eigenvalue weighted by molar-refractivity contribution is -0.142. The van der Waals surface area contributed by atoms with Gasteiger partial charge in [0.25, 0.3) is 0 Å². The number of ether oxygens (including phenoxy) is 1. The summed E-state index contributed by atoms with van der Waals surface area (Å²) in [5.74, 6) is -1.04. The highest BCUT2D eigenvalue weighted by Gasteiger charge is 2.05. The Morgan fingerprint density at radius 1 is 1.47 bits per heavy atom. The number of hydrogen-bond acceptors (Lipinski definition) is 6. The van der Waals surface area contributed by atoms with Gasteiger partial charge in [-0.25, -0.2) is 9.59 Å². The van der Waals surface area contributed by atoms with E-state index in [0.29, 0.717) is 5.13 Å². The first-order valence-electron chi connectivity index (χ1n) is 4.72. The van der Waals surface area contributed by atoms with Gasteiger partial charge >= 0.3 is 12.0 Å². The SMILES string of the molecule is Cc1nnc(NC(=O)NCCOCC(=O)O)s1. The summed E-state index contributed by atoms with van der Waals surface area (Å²) in [6.45, 7) is 1.76. The third kappa shape index (κ3) is 5.78. The van der Waals surface area contributed by atoms with Gasteiger partial charge in [-0.1, -0.05) is 11.3 Å². The largest absolute Gasteiger partial charge is 0.480 e. The van der Waals surface area contributed by atoms with Crippen LogP contribution >= 0.6 is 11.3 Å². The van der Waals surface area contributed by atoms with Crippen molar-refractivity contribution in [2.24, 2.45) is 0 Å². The number of hydrogen-bond donors (Lipinski definition) is 3. The van der Waals surface area contributed by atoms with E-state index in [9.17, 15) is 9.59 Å². The van der Waals surface area contributed by atoms with E-state index in [1.807, 2.05) is 0 Å². The Hall–Kier alpha value is -1.74. The van der Waals surface area contributed by atoms with Crippen LogP contribution in [0.2, 0.25) is 0 Å². The summed E-state index contributed by atoms with van der Waals surface area (Å²) in [4.78, 5) is 21.4. The molecule has 0 aliphatic rings. The second kappa shape index (κ2) is 6.76. The minimum atomic E-state index is -1.04. The molecule has 1 rings (SSSR count). The summed E-state index contributed by atoms with van der Waals surface area (Å²) in [7, 11) is 0. The molecule has 94 valence electrons. The Morgan fingerprint density at radius 2 is 2.24 bits per heavy atom. The molecule has 0 fully saturated rings. The average Bonchev–Trinajstić information content (AvgIpc) is 2.63. The Morgan fingerprint density at radius 3 is 2.82 bits per heavy atom. The lowest BCUT2D eigenvalue weighted by Gasteiger charge is -2.04. The standard InChI is InChI=1S/C8H12N4O4S/c1-5-11-12-8(17-5)10-7(15)9-2-3-16-4-6(13)14/h2-4H2,1H3,(H,13,14)(H2,9,10,12,15). The predicted octanol–water partition coefficient (Wildman–Crippen LogP) is 0.0692. The molecule has 8 nitrogen and oxygen atoms in total. The van der Waals surface area contributed by atoms with Gasteiger partial charge in [0.15, 0.2) is 0 Å². The number of carbonyl (C=O) groups is 2. The van der Waals surface area contributed by atoms with Crippen LogP contribution < -0.4 is 10.6 Å². The molecule has 17 heavy (non-hydrogen) atoms. The normalized spacial score (nSPS) is 9.94. The Balaban J connectivity index is 2.11. The molecule has 0 saturated carbocycles. The van der Waals surface area contributed by atoms with Crippen molar-refractivity contribution in [2.45, 2.75) is 6.92 Å². The molecule has 0 unspecified atom stereocenters. The lowest BCUT2D eigenvalue weighted by atomic mass is 10.6. The predicted molar refractivity (Wildman–Crippen MR) is 60.1 cm³/mol. The molecule has 0 radical (unpaired) electrons. The number of rotatable bonds is 6. The third-order valence-corrected chi connectivity index (χ3v) is 2.26. The van der Waals surface area contributed by atoms with Crippen LogP contribution in [0.15, 0.2) is 0 Å². The van der Waals surface area contributed by atoms with E-state index < -0.39 is 12.0 Å². The van der Waals surface area contributed by atoms with E-state index in [1.54, 1.807) is 6.92 Å². The van der Waals surface area contributed by atoms with Crippen LogP contribution in [0.4, 0.5) is 9.93 Å². The van der Waals surface area contributed by atoms with Crippen molar-refractivity contribution in [1.82, 2.24) is 15.5 Å². The van der Waals surface area contributed by atoms with E-state index in [-0.39, 0.29) is 19.8 Å². The molecule has 0 aliphatic heterocycles. The quantitative estimate of drug-likeness (QED) is 0.624. The van der Waals surface area contributed by atoms with E-state index >= 15 is 0 Å². The van der Waals surface area contributed by atoms with Gasteiger partial charge in [0.05, 0.1) is 6.61 Å². The molecule has 0 aliphatic carbocycles. The van der Waals surface area contributed by atoms with Gasteiger partial charge in [-0.2, -0.15) is 0 Å². The molecule has 1 aromatic rings. The summed E-state index contributed by atoms with van der Waals surface area (Å²) in [6.07, 6.45) is 0. The number of aromatic nitrogens is 2. The Labute approximate surface area is 101 Å². The van der Waals surface area contributed by atoms with Gasteiger partial charge in [-0.15, -0.1) is 10.2 Å². The number of nitrogens with one attached hydrogen (secondary N) is 2. The highest BCUT2D eigenvalue weighted by atomic mass is 32.1. The first kappa shape index (κ1) is 13.3. The number of amides is 2. The van der Waals surface area contributed by atoms with Gasteiger partial charge in [0.1, 0.15) is 11.6 Å². The molecule has 9 heteroatoms. The molecule has 0 saturated heterocycles. The van der Waals surface area contributed by atoms with Gasteiger partial charge in [0, 0.05) is 6.54 Å². The van der Waals surface area contributed by atoms with Gasteiger partial charge in [-0.3, -0.25) is 5.32 Å². The van der Waals surface area contributed by atoms with Crippen molar-refractivity contribution >= 4 is 28.5 Å². The number of aryl methyl sites for hydroxylation is 1. The summed E-state index contributed by atoms with van der Waals surface area (Å²) < 4.78 is 4.73. The van der Waals surface area contributed by atoms with E-state index in [0.717, 1.165) is 5.01 Å². The maximum absolute atomic E-state index is 11.3. The topological polar surface area (TPSA) is 113 Å². The third-order valence-electron chi connectivity index (χ3n) is 1.50. The van der Waals surface area contributed by atoms with Crippen LogP contribution in [0.3, 0.4) is 0 Å². The minimum absolute atomic E-state index is 0.134. The summed E-state index contributed by atoms with van der Waals surface area (Å²) >= 11 is 1.26. The molecule has 0 atom stereocenters. The molecule has 1 heterocycles. The molecule has 1 aromatic heterocycles. The maximum Gasteiger partial charge on any atom is 0.329 e. The maximum atomic E-state index is 11.3. The highest BCUT2D eigenvalue weighted by molar-refractivity contribution is 7.15. The van der Waals surface area contributed by atoms with Gasteiger partial charge in [0.2, 0.25) is 5.13 Å². The zero-order valence-corrected chi connectivity index (χ0v) is 9.91. The first-order valence-corrected chi connectivity index (χ1v) is 5.54. The smallest absolute Gasteiger partial charge is 0.329 e. The zero-order chi connectivity index (χ0) is 12.7. The van der Waals surface area contributed by atoms with Gasteiger partial charge in [-0.05, 0) is 6.92 Å². The molecule has 0 aromatic carbocycles. The fourth-order valence-electron chi connectivity index (χ4n) is 0.885. The average molecular weight is 260 g/mol. The van der Waals surface area contributed by atoms with E-state index in [1.165, 1.54) is 11.3 Å². The van der Waals surface area contributed by atoms with Crippen molar-refractivity contribution in [3.05, 3.63) is 5.01 Å².